The highest BCUT2D eigenvalue weighted by Gasteiger charge is 2.23. The molecule has 27 heavy (non-hydrogen) atoms. The van der Waals surface area contributed by atoms with Gasteiger partial charge in [-0.15, -0.1) is 12.4 Å². The standard InChI is InChI=1S/C19H29N3O4.ClH/c1-12(2)21-18(23)11-26-16-8-7-14(10-17(16)25-4)19(24)22-15-6-5-9-20-13(15)3;/h7-8,10,12-13,15,20H,5-6,9,11H2,1-4H3,(H,21,23)(H,22,24);1H. The number of piperidine rings is 1. The van der Waals surface area contributed by atoms with Crippen LogP contribution in [0.4, 0.5) is 0 Å². The van der Waals surface area contributed by atoms with Crippen molar-refractivity contribution in [3.8, 4) is 11.5 Å². The highest BCUT2D eigenvalue weighted by atomic mass is 35.5. The molecule has 3 N–H and O–H groups in total. The molecule has 1 saturated heterocycles. The van der Waals surface area contributed by atoms with Gasteiger partial charge in [-0.1, -0.05) is 0 Å². The predicted molar refractivity (Wildman–Crippen MR) is 107 cm³/mol. The molecule has 2 rings (SSSR count). The van der Waals surface area contributed by atoms with E-state index in [0.29, 0.717) is 17.1 Å². The second-order valence-corrected chi connectivity index (χ2v) is 6.84. The fourth-order valence-electron chi connectivity index (χ4n) is 2.93. The Kier molecular flexibility index (Phi) is 9.38. The predicted octanol–water partition coefficient (Wildman–Crippen LogP) is 1.89. The Balaban J connectivity index is 0.00000364. The second kappa shape index (κ2) is 11.0. The summed E-state index contributed by atoms with van der Waals surface area (Å²) >= 11 is 0. The van der Waals surface area contributed by atoms with Crippen LogP contribution in [-0.2, 0) is 4.79 Å². The molecule has 1 heterocycles. The van der Waals surface area contributed by atoms with E-state index < -0.39 is 0 Å². The minimum Gasteiger partial charge on any atom is -0.493 e. The van der Waals surface area contributed by atoms with E-state index in [-0.39, 0.29) is 49.0 Å². The Morgan fingerprint density at radius 2 is 2.04 bits per heavy atom. The Bertz CT molecular complexity index is 639. The van der Waals surface area contributed by atoms with Crippen LogP contribution in [-0.4, -0.2) is 50.2 Å². The number of carbonyl (C=O) groups is 2. The lowest BCUT2D eigenvalue weighted by atomic mass is 9.99. The van der Waals surface area contributed by atoms with Gasteiger partial charge in [0.1, 0.15) is 0 Å². The zero-order valence-corrected chi connectivity index (χ0v) is 17.2. The number of halogens is 1. The topological polar surface area (TPSA) is 88.7 Å². The molecule has 1 aromatic rings. The van der Waals surface area contributed by atoms with Crippen LogP contribution in [0, 0.1) is 0 Å². The highest BCUT2D eigenvalue weighted by Crippen LogP contribution is 2.28. The van der Waals surface area contributed by atoms with Gasteiger partial charge < -0.3 is 25.4 Å². The van der Waals surface area contributed by atoms with Crippen molar-refractivity contribution in [3.63, 3.8) is 0 Å². The van der Waals surface area contributed by atoms with Crippen LogP contribution in [0.1, 0.15) is 44.0 Å². The monoisotopic (exact) mass is 399 g/mol. The van der Waals surface area contributed by atoms with Crippen molar-refractivity contribution < 1.29 is 19.1 Å². The van der Waals surface area contributed by atoms with Gasteiger partial charge in [-0.05, 0) is 58.4 Å². The van der Waals surface area contributed by atoms with E-state index in [9.17, 15) is 9.59 Å². The number of carbonyl (C=O) groups excluding carboxylic acids is 2. The first-order valence-corrected chi connectivity index (χ1v) is 9.05. The van der Waals surface area contributed by atoms with Crippen molar-refractivity contribution in [2.24, 2.45) is 0 Å². The molecule has 0 aliphatic carbocycles. The molecule has 2 atom stereocenters. The normalized spacial score (nSPS) is 19.0. The summed E-state index contributed by atoms with van der Waals surface area (Å²) in [6, 6.07) is 5.37. The van der Waals surface area contributed by atoms with E-state index in [2.05, 4.69) is 22.9 Å². The van der Waals surface area contributed by atoms with Gasteiger partial charge in [-0.3, -0.25) is 9.59 Å². The van der Waals surface area contributed by atoms with Gasteiger partial charge in [0, 0.05) is 23.7 Å². The molecule has 0 radical (unpaired) electrons. The van der Waals surface area contributed by atoms with Gasteiger partial charge in [-0.25, -0.2) is 0 Å². The van der Waals surface area contributed by atoms with E-state index in [1.54, 1.807) is 18.2 Å². The molecule has 1 fully saturated rings. The molecule has 8 heteroatoms. The minimum atomic E-state index is -0.206. The molecule has 0 saturated carbocycles. The van der Waals surface area contributed by atoms with Crippen LogP contribution in [0.5, 0.6) is 11.5 Å². The molecule has 152 valence electrons. The highest BCUT2D eigenvalue weighted by molar-refractivity contribution is 5.95. The molecule has 0 aromatic heterocycles. The third kappa shape index (κ3) is 6.92. The Morgan fingerprint density at radius 3 is 2.67 bits per heavy atom. The molecular weight excluding hydrogens is 370 g/mol. The summed E-state index contributed by atoms with van der Waals surface area (Å²) in [6.07, 6.45) is 2.01. The van der Waals surface area contributed by atoms with E-state index in [1.807, 2.05) is 13.8 Å². The second-order valence-electron chi connectivity index (χ2n) is 6.84. The van der Waals surface area contributed by atoms with E-state index >= 15 is 0 Å². The van der Waals surface area contributed by atoms with Crippen LogP contribution in [0.2, 0.25) is 0 Å². The first kappa shape index (κ1) is 23.0. The third-order valence-electron chi connectivity index (χ3n) is 4.31. The molecule has 0 bridgehead atoms. The first-order chi connectivity index (χ1) is 12.4. The molecule has 2 unspecified atom stereocenters. The van der Waals surface area contributed by atoms with E-state index in [1.165, 1.54) is 7.11 Å². The summed E-state index contributed by atoms with van der Waals surface area (Å²) < 4.78 is 10.8. The SMILES string of the molecule is COc1cc(C(=O)NC2CCCNC2C)ccc1OCC(=O)NC(C)C.Cl. The lowest BCUT2D eigenvalue weighted by molar-refractivity contribution is -0.123. The van der Waals surface area contributed by atoms with Crippen molar-refractivity contribution in [1.29, 1.82) is 0 Å². The largest absolute Gasteiger partial charge is 0.493 e. The van der Waals surface area contributed by atoms with Crippen LogP contribution in [0.25, 0.3) is 0 Å². The number of ether oxygens (including phenoxy) is 2. The van der Waals surface area contributed by atoms with Crippen LogP contribution >= 0.6 is 12.4 Å². The van der Waals surface area contributed by atoms with Crippen molar-refractivity contribution in [1.82, 2.24) is 16.0 Å². The maximum absolute atomic E-state index is 12.5. The van der Waals surface area contributed by atoms with Gasteiger partial charge in [-0.2, -0.15) is 0 Å². The maximum atomic E-state index is 12.5. The molecule has 7 nitrogen and oxygen atoms in total. The molecular formula is C19H30ClN3O4. The lowest BCUT2D eigenvalue weighted by Gasteiger charge is -2.30. The number of amides is 2. The summed E-state index contributed by atoms with van der Waals surface area (Å²) in [5.74, 6) is 0.496. The van der Waals surface area contributed by atoms with E-state index in [4.69, 9.17) is 9.47 Å². The van der Waals surface area contributed by atoms with Crippen LogP contribution in [0.3, 0.4) is 0 Å². The minimum absolute atomic E-state index is 0. The molecule has 1 aliphatic rings. The van der Waals surface area contributed by atoms with Crippen LogP contribution < -0.4 is 25.4 Å². The third-order valence-corrected chi connectivity index (χ3v) is 4.31. The van der Waals surface area contributed by atoms with Crippen molar-refractivity contribution in [2.45, 2.75) is 51.7 Å². The first-order valence-electron chi connectivity index (χ1n) is 9.05. The number of hydrogen-bond donors (Lipinski definition) is 3. The zero-order chi connectivity index (χ0) is 19.1. The van der Waals surface area contributed by atoms with Gasteiger partial charge in [0.05, 0.1) is 7.11 Å². The molecule has 2 amide bonds. The summed E-state index contributed by atoms with van der Waals surface area (Å²) in [4.78, 5) is 24.2. The number of rotatable bonds is 7. The number of methoxy groups -OCH3 is 1. The Labute approximate surface area is 167 Å². The summed E-state index contributed by atoms with van der Waals surface area (Å²) in [7, 11) is 1.51. The van der Waals surface area contributed by atoms with E-state index in [0.717, 1.165) is 19.4 Å². The number of nitrogens with one attached hydrogen (secondary N) is 3. The summed E-state index contributed by atoms with van der Waals surface area (Å²) in [5, 5.41) is 9.18. The number of benzene rings is 1. The maximum Gasteiger partial charge on any atom is 0.258 e. The van der Waals surface area contributed by atoms with Crippen molar-refractivity contribution >= 4 is 24.2 Å². The van der Waals surface area contributed by atoms with Crippen molar-refractivity contribution in [2.75, 3.05) is 20.3 Å². The van der Waals surface area contributed by atoms with Gasteiger partial charge >= 0.3 is 0 Å². The summed E-state index contributed by atoms with van der Waals surface area (Å²) in [5.41, 5.74) is 0.499. The number of hydrogen-bond acceptors (Lipinski definition) is 5. The molecule has 1 aromatic carbocycles. The fourth-order valence-corrected chi connectivity index (χ4v) is 2.93. The quantitative estimate of drug-likeness (QED) is 0.651. The Hall–Kier alpha value is -1.99. The molecule has 0 spiro atoms. The van der Waals surface area contributed by atoms with Gasteiger partial charge in [0.15, 0.2) is 18.1 Å². The molecule has 1 aliphatic heterocycles. The zero-order valence-electron chi connectivity index (χ0n) is 16.3. The smallest absolute Gasteiger partial charge is 0.258 e. The fraction of sp³-hybridized carbons (Fsp3) is 0.579. The lowest BCUT2D eigenvalue weighted by Crippen LogP contribution is -2.51. The summed E-state index contributed by atoms with van der Waals surface area (Å²) in [6.45, 7) is 6.72. The Morgan fingerprint density at radius 1 is 1.30 bits per heavy atom. The average molecular weight is 400 g/mol. The van der Waals surface area contributed by atoms with Crippen LogP contribution in [0.15, 0.2) is 18.2 Å². The van der Waals surface area contributed by atoms with Crippen molar-refractivity contribution in [3.05, 3.63) is 23.8 Å². The van der Waals surface area contributed by atoms with Gasteiger partial charge in [0.25, 0.3) is 11.8 Å². The van der Waals surface area contributed by atoms with Gasteiger partial charge in [0.2, 0.25) is 0 Å². The average Bonchev–Trinajstić information content (AvgIpc) is 2.61.